The van der Waals surface area contributed by atoms with E-state index >= 15 is 0 Å². The third kappa shape index (κ3) is 2.34. The highest BCUT2D eigenvalue weighted by atomic mass is 35.5. The van der Waals surface area contributed by atoms with Crippen molar-refractivity contribution >= 4 is 33.5 Å². The highest BCUT2D eigenvalue weighted by Crippen LogP contribution is 2.26. The lowest BCUT2D eigenvalue weighted by atomic mass is 10.3. The van der Waals surface area contributed by atoms with Crippen molar-refractivity contribution in [2.24, 2.45) is 5.73 Å². The number of halogens is 1. The second-order valence-electron chi connectivity index (χ2n) is 4.46. The van der Waals surface area contributed by atoms with Gasteiger partial charge in [0.05, 0.1) is 0 Å². The third-order valence-electron chi connectivity index (χ3n) is 3.22. The lowest BCUT2D eigenvalue weighted by Gasteiger charge is -2.14. The minimum Gasteiger partial charge on any atom is -0.345 e. The van der Waals surface area contributed by atoms with Gasteiger partial charge in [-0.25, -0.2) is 13.4 Å². The summed E-state index contributed by atoms with van der Waals surface area (Å²) in [6.07, 6.45) is 3.83. The number of aromatic amines is 1. The molecule has 3 heterocycles. The first-order valence-corrected chi connectivity index (χ1v) is 7.21. The number of pyridine rings is 1. The molecular formula is C11H15ClN4O2S. The van der Waals surface area contributed by atoms with Crippen molar-refractivity contribution < 1.29 is 8.42 Å². The summed E-state index contributed by atoms with van der Waals surface area (Å²) in [5.41, 5.74) is 6.34. The molecule has 0 aliphatic carbocycles. The van der Waals surface area contributed by atoms with Crippen molar-refractivity contribution in [3.05, 3.63) is 24.5 Å². The Hall–Kier alpha value is -1.15. The summed E-state index contributed by atoms with van der Waals surface area (Å²) in [5.74, 6) is 0. The van der Waals surface area contributed by atoms with Crippen molar-refractivity contribution in [3.8, 4) is 0 Å². The molecule has 1 saturated heterocycles. The number of nitrogens with one attached hydrogen (secondary N) is 1. The lowest BCUT2D eigenvalue weighted by molar-refractivity contribution is 0.473. The Balaban J connectivity index is 0.00000133. The summed E-state index contributed by atoms with van der Waals surface area (Å²) < 4.78 is 26.4. The van der Waals surface area contributed by atoms with Gasteiger partial charge >= 0.3 is 0 Å². The highest BCUT2D eigenvalue weighted by molar-refractivity contribution is 7.89. The molecule has 0 amide bonds. The topological polar surface area (TPSA) is 92.1 Å². The van der Waals surface area contributed by atoms with E-state index < -0.39 is 10.0 Å². The third-order valence-corrected chi connectivity index (χ3v) is 5.12. The molecule has 0 bridgehead atoms. The summed E-state index contributed by atoms with van der Waals surface area (Å²) in [5, 5.41) is 0.623. The van der Waals surface area contributed by atoms with Crippen LogP contribution in [0.5, 0.6) is 0 Å². The van der Waals surface area contributed by atoms with E-state index in [1.807, 2.05) is 0 Å². The quantitative estimate of drug-likeness (QED) is 0.854. The molecule has 0 aromatic carbocycles. The zero-order chi connectivity index (χ0) is 12.8. The predicted octanol–water partition coefficient (Wildman–Crippen LogP) is 0.706. The molecule has 19 heavy (non-hydrogen) atoms. The van der Waals surface area contributed by atoms with Crippen molar-refractivity contribution in [2.75, 3.05) is 13.1 Å². The average Bonchev–Trinajstić information content (AvgIpc) is 2.95. The van der Waals surface area contributed by atoms with Crippen molar-refractivity contribution in [1.82, 2.24) is 14.3 Å². The number of hydrogen-bond acceptors (Lipinski definition) is 4. The van der Waals surface area contributed by atoms with Crippen LogP contribution in [0, 0.1) is 0 Å². The Morgan fingerprint density at radius 3 is 2.95 bits per heavy atom. The predicted molar refractivity (Wildman–Crippen MR) is 74.7 cm³/mol. The van der Waals surface area contributed by atoms with E-state index in [4.69, 9.17) is 5.73 Å². The van der Waals surface area contributed by atoms with Crippen LogP contribution in [0.3, 0.4) is 0 Å². The first kappa shape index (κ1) is 14.3. The number of aromatic nitrogens is 2. The number of hydrogen-bond donors (Lipinski definition) is 2. The fourth-order valence-electron chi connectivity index (χ4n) is 2.26. The van der Waals surface area contributed by atoms with Crippen LogP contribution in [-0.2, 0) is 10.0 Å². The minimum atomic E-state index is -3.47. The number of H-pyrrole nitrogens is 1. The van der Waals surface area contributed by atoms with Gasteiger partial charge in [-0.1, -0.05) is 0 Å². The fraction of sp³-hybridized carbons (Fsp3) is 0.364. The Kier molecular flexibility index (Phi) is 3.82. The van der Waals surface area contributed by atoms with Gasteiger partial charge in [-0.3, -0.25) is 0 Å². The summed E-state index contributed by atoms with van der Waals surface area (Å²) in [7, 11) is -3.47. The molecule has 3 rings (SSSR count). The maximum Gasteiger partial charge on any atom is 0.245 e. The molecule has 2 aromatic heterocycles. The smallest absolute Gasteiger partial charge is 0.245 e. The normalized spacial score (nSPS) is 20.6. The zero-order valence-corrected chi connectivity index (χ0v) is 11.7. The molecule has 2 aromatic rings. The van der Waals surface area contributed by atoms with Gasteiger partial charge in [-0.05, 0) is 18.6 Å². The molecule has 1 unspecified atom stereocenters. The van der Waals surface area contributed by atoms with E-state index in [0.717, 1.165) is 0 Å². The van der Waals surface area contributed by atoms with Gasteiger partial charge < -0.3 is 10.7 Å². The Bertz CT molecular complexity index is 685. The van der Waals surface area contributed by atoms with E-state index in [0.29, 0.717) is 30.5 Å². The van der Waals surface area contributed by atoms with Gasteiger partial charge in [0.25, 0.3) is 0 Å². The molecule has 1 fully saturated rings. The van der Waals surface area contributed by atoms with Crippen LogP contribution in [0.25, 0.3) is 11.0 Å². The van der Waals surface area contributed by atoms with Crippen LogP contribution in [0.2, 0.25) is 0 Å². The summed E-state index contributed by atoms with van der Waals surface area (Å²) >= 11 is 0. The fourth-order valence-corrected chi connectivity index (χ4v) is 3.92. The molecule has 104 valence electrons. The Labute approximate surface area is 117 Å². The van der Waals surface area contributed by atoms with E-state index in [1.165, 1.54) is 10.5 Å². The number of sulfonamides is 1. The molecular weight excluding hydrogens is 288 g/mol. The second-order valence-corrected chi connectivity index (χ2v) is 6.37. The van der Waals surface area contributed by atoms with E-state index in [1.54, 1.807) is 18.3 Å². The molecule has 8 heteroatoms. The summed E-state index contributed by atoms with van der Waals surface area (Å²) in [4.78, 5) is 7.25. The number of nitrogens with two attached hydrogens (primary N) is 1. The Morgan fingerprint density at radius 1 is 1.47 bits per heavy atom. The van der Waals surface area contributed by atoms with Gasteiger partial charge in [0.2, 0.25) is 10.0 Å². The van der Waals surface area contributed by atoms with Crippen molar-refractivity contribution in [1.29, 1.82) is 0 Å². The molecule has 0 spiro atoms. The average molecular weight is 303 g/mol. The molecule has 0 saturated carbocycles. The van der Waals surface area contributed by atoms with E-state index in [-0.39, 0.29) is 23.3 Å². The standard InChI is InChI=1S/C11H14N4O2S.ClH/c12-8-3-5-15(7-8)18(16,17)10-6-14-11-9(10)2-1-4-13-11;/h1-2,4,6,8H,3,5,7,12H2,(H,13,14);1H. The van der Waals surface area contributed by atoms with Crippen LogP contribution in [-0.4, -0.2) is 41.8 Å². The highest BCUT2D eigenvalue weighted by Gasteiger charge is 2.32. The summed E-state index contributed by atoms with van der Waals surface area (Å²) in [6.45, 7) is 0.867. The van der Waals surface area contributed by atoms with Gasteiger partial charge in [0, 0.05) is 36.9 Å². The van der Waals surface area contributed by atoms with Crippen LogP contribution < -0.4 is 5.73 Å². The van der Waals surface area contributed by atoms with Gasteiger partial charge in [0.15, 0.2) is 0 Å². The molecule has 1 aliphatic heterocycles. The molecule has 0 radical (unpaired) electrons. The SMILES string of the molecule is Cl.NC1CCN(S(=O)(=O)c2c[nH]c3ncccc23)C1. The van der Waals surface area contributed by atoms with Crippen molar-refractivity contribution in [2.45, 2.75) is 17.4 Å². The maximum absolute atomic E-state index is 12.5. The summed E-state index contributed by atoms with van der Waals surface area (Å²) in [6, 6.07) is 3.41. The van der Waals surface area contributed by atoms with Gasteiger partial charge in [-0.2, -0.15) is 4.31 Å². The maximum atomic E-state index is 12.5. The Morgan fingerprint density at radius 2 is 2.26 bits per heavy atom. The lowest BCUT2D eigenvalue weighted by Crippen LogP contribution is -2.31. The first-order valence-electron chi connectivity index (χ1n) is 5.77. The van der Waals surface area contributed by atoms with Crippen LogP contribution in [0.1, 0.15) is 6.42 Å². The molecule has 1 aliphatic rings. The van der Waals surface area contributed by atoms with E-state index in [9.17, 15) is 8.42 Å². The monoisotopic (exact) mass is 302 g/mol. The molecule has 6 nitrogen and oxygen atoms in total. The van der Waals surface area contributed by atoms with Crippen LogP contribution >= 0.6 is 12.4 Å². The zero-order valence-electron chi connectivity index (χ0n) is 10.1. The largest absolute Gasteiger partial charge is 0.345 e. The van der Waals surface area contributed by atoms with Crippen LogP contribution in [0.4, 0.5) is 0 Å². The second kappa shape index (κ2) is 5.09. The van der Waals surface area contributed by atoms with E-state index in [2.05, 4.69) is 9.97 Å². The molecule has 1 atom stereocenters. The first-order chi connectivity index (χ1) is 8.59. The van der Waals surface area contributed by atoms with Crippen LogP contribution in [0.15, 0.2) is 29.4 Å². The minimum absolute atomic E-state index is 0. The number of rotatable bonds is 2. The number of fused-ring (bicyclic) bond motifs is 1. The van der Waals surface area contributed by atoms with Crippen molar-refractivity contribution in [3.63, 3.8) is 0 Å². The van der Waals surface area contributed by atoms with Gasteiger partial charge in [-0.15, -0.1) is 12.4 Å². The van der Waals surface area contributed by atoms with Gasteiger partial charge in [0.1, 0.15) is 10.5 Å². The number of nitrogens with zero attached hydrogens (tertiary/aromatic N) is 2. The molecule has 3 N–H and O–H groups in total.